The predicted molar refractivity (Wildman–Crippen MR) is 103 cm³/mol. The van der Waals surface area contributed by atoms with E-state index in [0.29, 0.717) is 24.5 Å². The van der Waals surface area contributed by atoms with Crippen molar-refractivity contribution < 1.29 is 33.6 Å². The molecule has 2 fully saturated rings. The lowest BCUT2D eigenvalue weighted by molar-refractivity contribution is -0.465. The van der Waals surface area contributed by atoms with Gasteiger partial charge in [0.15, 0.2) is 30.2 Å². The molecule has 9 nitrogen and oxygen atoms in total. The highest BCUT2D eigenvalue weighted by Gasteiger charge is 2.41. The van der Waals surface area contributed by atoms with Crippen molar-refractivity contribution in [3.8, 4) is 11.5 Å². The van der Waals surface area contributed by atoms with E-state index >= 15 is 0 Å². The Balaban J connectivity index is 1.63. The van der Waals surface area contributed by atoms with Crippen molar-refractivity contribution in [2.75, 3.05) is 33.9 Å². The molecule has 2 aliphatic heterocycles. The topological polar surface area (TPSA) is 108 Å². The summed E-state index contributed by atoms with van der Waals surface area (Å²) in [6.45, 7) is 1.40. The molecule has 2 atom stereocenters. The molecule has 3 rings (SSSR count). The van der Waals surface area contributed by atoms with Gasteiger partial charge >= 0.3 is 6.03 Å². The van der Waals surface area contributed by atoms with Gasteiger partial charge in [0.05, 0.1) is 14.2 Å². The van der Waals surface area contributed by atoms with Gasteiger partial charge in [-0.15, -0.1) is 0 Å². The number of amides is 4. The SMILES string of the molecule is COc1ccc(CCN2C(=O)NC(=O)[C@@H](C=[NH+]C[C@H]3CCCO3)C2=O)cc1OC. The zero-order chi connectivity index (χ0) is 20.8. The summed E-state index contributed by atoms with van der Waals surface area (Å²) in [5.41, 5.74) is 0.872. The van der Waals surface area contributed by atoms with Gasteiger partial charge in [-0.25, -0.2) is 9.79 Å². The Labute approximate surface area is 169 Å². The van der Waals surface area contributed by atoms with Crippen LogP contribution in [0.3, 0.4) is 0 Å². The summed E-state index contributed by atoms with van der Waals surface area (Å²) in [5.74, 6) is -1.06. The molecule has 1 aromatic rings. The van der Waals surface area contributed by atoms with Crippen LogP contribution in [0.1, 0.15) is 18.4 Å². The molecule has 156 valence electrons. The number of carbonyl (C=O) groups excluding carboxylic acids is 3. The van der Waals surface area contributed by atoms with Crippen LogP contribution in [0.25, 0.3) is 0 Å². The Morgan fingerprint density at radius 2 is 2.03 bits per heavy atom. The van der Waals surface area contributed by atoms with Crippen molar-refractivity contribution in [3.63, 3.8) is 0 Å². The Hall–Kier alpha value is -2.94. The number of urea groups is 1. The van der Waals surface area contributed by atoms with Crippen LogP contribution in [0.2, 0.25) is 0 Å². The summed E-state index contributed by atoms with van der Waals surface area (Å²) in [6.07, 6.45) is 3.89. The first-order chi connectivity index (χ1) is 14.0. The van der Waals surface area contributed by atoms with Crippen LogP contribution in [0, 0.1) is 5.92 Å². The van der Waals surface area contributed by atoms with Crippen LogP contribution in [0.5, 0.6) is 11.5 Å². The van der Waals surface area contributed by atoms with E-state index in [2.05, 4.69) is 10.3 Å². The van der Waals surface area contributed by atoms with Crippen LogP contribution < -0.4 is 19.8 Å². The van der Waals surface area contributed by atoms with Crippen LogP contribution >= 0.6 is 0 Å². The summed E-state index contributed by atoms with van der Waals surface area (Å²) < 4.78 is 16.0. The number of imide groups is 2. The van der Waals surface area contributed by atoms with Crippen molar-refractivity contribution >= 4 is 24.1 Å². The van der Waals surface area contributed by atoms with E-state index in [0.717, 1.165) is 29.9 Å². The third kappa shape index (κ3) is 4.92. The van der Waals surface area contributed by atoms with Gasteiger partial charge in [0, 0.05) is 13.2 Å². The van der Waals surface area contributed by atoms with Gasteiger partial charge in [-0.1, -0.05) is 6.07 Å². The van der Waals surface area contributed by atoms with Gasteiger partial charge < -0.3 is 14.2 Å². The number of ether oxygens (including phenoxy) is 3. The van der Waals surface area contributed by atoms with Crippen molar-refractivity contribution in [2.24, 2.45) is 5.92 Å². The number of barbiturate groups is 1. The van der Waals surface area contributed by atoms with Crippen LogP contribution in [0.15, 0.2) is 18.2 Å². The molecular formula is C20H26N3O6+. The van der Waals surface area contributed by atoms with E-state index in [9.17, 15) is 14.4 Å². The second-order valence-electron chi connectivity index (χ2n) is 6.91. The summed E-state index contributed by atoms with van der Waals surface area (Å²) in [4.78, 5) is 41.0. The number of hydrogen-bond donors (Lipinski definition) is 2. The molecule has 0 radical (unpaired) electrons. The van der Waals surface area contributed by atoms with Crippen molar-refractivity contribution in [2.45, 2.75) is 25.4 Å². The first-order valence-corrected chi connectivity index (χ1v) is 9.59. The van der Waals surface area contributed by atoms with Crippen molar-refractivity contribution in [1.29, 1.82) is 0 Å². The van der Waals surface area contributed by atoms with E-state index < -0.39 is 23.8 Å². The number of benzene rings is 1. The van der Waals surface area contributed by atoms with Gasteiger partial charge in [-0.05, 0) is 37.0 Å². The van der Waals surface area contributed by atoms with E-state index in [-0.39, 0.29) is 12.6 Å². The van der Waals surface area contributed by atoms with Gasteiger partial charge in [0.25, 0.3) is 11.8 Å². The molecule has 2 N–H and O–H groups in total. The Morgan fingerprint density at radius 1 is 1.24 bits per heavy atom. The molecule has 4 amide bonds. The van der Waals surface area contributed by atoms with Crippen molar-refractivity contribution in [3.05, 3.63) is 23.8 Å². The lowest BCUT2D eigenvalue weighted by atomic mass is 10.1. The van der Waals surface area contributed by atoms with Crippen LogP contribution in [0.4, 0.5) is 4.79 Å². The predicted octanol–water partition coefficient (Wildman–Crippen LogP) is -0.729. The average Bonchev–Trinajstić information content (AvgIpc) is 3.23. The molecule has 2 aliphatic rings. The monoisotopic (exact) mass is 404 g/mol. The minimum absolute atomic E-state index is 0.0794. The van der Waals surface area contributed by atoms with E-state index in [1.165, 1.54) is 6.21 Å². The standard InChI is InChI=1S/C20H25N3O6/c1-27-16-6-5-13(10-17(16)28-2)7-8-23-19(25)15(18(24)22-20(23)26)12-21-11-14-4-3-9-29-14/h5-6,10,12,14-15H,3-4,7-9,11H2,1-2H3,(H,22,24,26)/p+1/t14-,15-/m1/s1. The summed E-state index contributed by atoms with van der Waals surface area (Å²) in [6, 6.07) is 4.69. The second kappa shape index (κ2) is 9.51. The van der Waals surface area contributed by atoms with Crippen LogP contribution in [-0.4, -0.2) is 69.0 Å². The number of methoxy groups -OCH3 is 2. The lowest BCUT2D eigenvalue weighted by Crippen LogP contribution is -2.75. The summed E-state index contributed by atoms with van der Waals surface area (Å²) in [7, 11) is 3.09. The average molecular weight is 404 g/mol. The normalized spacial score (nSPS) is 22.3. The smallest absolute Gasteiger partial charge is 0.330 e. The molecule has 29 heavy (non-hydrogen) atoms. The molecule has 1 aromatic carbocycles. The number of nitrogens with zero attached hydrogens (tertiary/aromatic N) is 1. The minimum Gasteiger partial charge on any atom is -0.493 e. The molecule has 9 heteroatoms. The molecule has 0 saturated carbocycles. The highest BCUT2D eigenvalue weighted by molar-refractivity contribution is 6.22. The Kier molecular flexibility index (Phi) is 6.82. The maximum absolute atomic E-state index is 12.7. The second-order valence-corrected chi connectivity index (χ2v) is 6.91. The fourth-order valence-corrected chi connectivity index (χ4v) is 3.39. The summed E-state index contributed by atoms with van der Waals surface area (Å²) in [5, 5.41) is 2.25. The lowest BCUT2D eigenvalue weighted by Gasteiger charge is -2.27. The molecular weight excluding hydrogens is 378 g/mol. The van der Waals surface area contributed by atoms with Gasteiger partial charge in [0.2, 0.25) is 0 Å². The third-order valence-corrected chi connectivity index (χ3v) is 5.02. The molecule has 0 bridgehead atoms. The highest BCUT2D eigenvalue weighted by Crippen LogP contribution is 2.27. The maximum atomic E-state index is 12.7. The zero-order valence-electron chi connectivity index (χ0n) is 16.6. The van der Waals surface area contributed by atoms with Gasteiger partial charge in [0.1, 0.15) is 6.10 Å². The van der Waals surface area contributed by atoms with Crippen LogP contribution in [-0.2, 0) is 20.7 Å². The van der Waals surface area contributed by atoms with E-state index in [4.69, 9.17) is 14.2 Å². The quantitative estimate of drug-likeness (QED) is 0.437. The highest BCUT2D eigenvalue weighted by atomic mass is 16.5. The fraction of sp³-hybridized carbons (Fsp3) is 0.500. The maximum Gasteiger partial charge on any atom is 0.330 e. The number of rotatable bonds is 8. The molecule has 0 aliphatic carbocycles. The molecule has 0 spiro atoms. The Bertz CT molecular complexity index is 803. The Morgan fingerprint density at radius 3 is 2.72 bits per heavy atom. The molecule has 0 aromatic heterocycles. The molecule has 2 heterocycles. The van der Waals surface area contributed by atoms with Crippen molar-refractivity contribution in [1.82, 2.24) is 10.2 Å². The first kappa shape index (κ1) is 20.8. The fourth-order valence-electron chi connectivity index (χ4n) is 3.39. The summed E-state index contributed by atoms with van der Waals surface area (Å²) >= 11 is 0. The molecule has 2 saturated heterocycles. The van der Waals surface area contributed by atoms with Gasteiger partial charge in [-0.2, -0.15) is 0 Å². The van der Waals surface area contributed by atoms with Gasteiger partial charge in [-0.3, -0.25) is 19.8 Å². The minimum atomic E-state index is -1.06. The van der Waals surface area contributed by atoms with E-state index in [1.807, 2.05) is 6.07 Å². The van der Waals surface area contributed by atoms with E-state index in [1.54, 1.807) is 26.4 Å². The largest absolute Gasteiger partial charge is 0.493 e. The third-order valence-electron chi connectivity index (χ3n) is 5.02. The number of carbonyl (C=O) groups is 3. The number of hydrogen-bond acceptors (Lipinski definition) is 6. The number of nitrogens with one attached hydrogen (secondary N) is 2. The first-order valence-electron chi connectivity index (χ1n) is 9.59. The molecule has 0 unspecified atom stereocenters. The zero-order valence-corrected chi connectivity index (χ0v) is 16.6.